The Labute approximate surface area is 123 Å². The number of nitrogens with zero attached hydrogens (tertiary/aromatic N) is 1. The summed E-state index contributed by atoms with van der Waals surface area (Å²) in [4.78, 5) is 3.69. The summed E-state index contributed by atoms with van der Waals surface area (Å²) in [6.07, 6.45) is 0.933. The summed E-state index contributed by atoms with van der Waals surface area (Å²) < 4.78 is 0. The Morgan fingerprint density at radius 3 is 2.84 bits per heavy atom. The van der Waals surface area contributed by atoms with Crippen LogP contribution in [0.3, 0.4) is 0 Å². The monoisotopic (exact) mass is 294 g/mol. The fourth-order valence-electron chi connectivity index (χ4n) is 2.01. The van der Waals surface area contributed by atoms with Crippen LogP contribution in [0.5, 0.6) is 0 Å². The Morgan fingerprint density at radius 1 is 1.32 bits per heavy atom. The molecule has 1 unspecified atom stereocenters. The lowest BCUT2D eigenvalue weighted by molar-refractivity contribution is 0.314. The van der Waals surface area contributed by atoms with Gasteiger partial charge in [-0.1, -0.05) is 29.8 Å². The van der Waals surface area contributed by atoms with Crippen LogP contribution >= 0.6 is 22.9 Å². The van der Waals surface area contributed by atoms with Crippen LogP contribution in [0.4, 0.5) is 0 Å². The lowest BCUT2D eigenvalue weighted by Crippen LogP contribution is -2.23. The van der Waals surface area contributed by atoms with Crippen molar-refractivity contribution in [3.05, 3.63) is 57.2 Å². The minimum absolute atomic E-state index is 0.0458. The third kappa shape index (κ3) is 4.62. The maximum atomic E-state index is 6.20. The van der Waals surface area contributed by atoms with Gasteiger partial charge in [0.2, 0.25) is 0 Å². The molecule has 1 heterocycles. The highest BCUT2D eigenvalue weighted by atomic mass is 35.5. The predicted molar refractivity (Wildman–Crippen MR) is 83.7 cm³/mol. The summed E-state index contributed by atoms with van der Waals surface area (Å²) in [5.74, 6) is 0. The molecule has 0 aliphatic carbocycles. The van der Waals surface area contributed by atoms with Gasteiger partial charge < -0.3 is 10.6 Å². The first-order valence-electron chi connectivity index (χ1n) is 6.37. The van der Waals surface area contributed by atoms with E-state index in [4.69, 9.17) is 17.3 Å². The molecule has 0 saturated heterocycles. The summed E-state index contributed by atoms with van der Waals surface area (Å²) in [7, 11) is 2.13. The molecule has 2 nitrogen and oxygen atoms in total. The molecule has 0 aliphatic heterocycles. The normalized spacial score (nSPS) is 12.8. The summed E-state index contributed by atoms with van der Waals surface area (Å²) >= 11 is 7.78. The van der Waals surface area contributed by atoms with Crippen LogP contribution in [0, 0.1) is 0 Å². The Bertz CT molecular complexity index is 499. The second-order valence-corrected chi connectivity index (χ2v) is 6.24. The minimum Gasteiger partial charge on any atom is -0.324 e. The maximum absolute atomic E-state index is 6.20. The minimum atomic E-state index is 0.0458. The lowest BCUT2D eigenvalue weighted by Gasteiger charge is -2.19. The second kappa shape index (κ2) is 7.06. The van der Waals surface area contributed by atoms with E-state index >= 15 is 0 Å². The Balaban J connectivity index is 1.81. The molecule has 1 atom stereocenters. The van der Waals surface area contributed by atoms with Crippen LogP contribution in [0.1, 0.15) is 22.9 Å². The van der Waals surface area contributed by atoms with E-state index in [2.05, 4.69) is 29.5 Å². The van der Waals surface area contributed by atoms with Crippen molar-refractivity contribution in [1.29, 1.82) is 0 Å². The molecule has 19 heavy (non-hydrogen) atoms. The number of thiophene rings is 1. The molecule has 0 spiro atoms. The van der Waals surface area contributed by atoms with Gasteiger partial charge >= 0.3 is 0 Å². The van der Waals surface area contributed by atoms with E-state index in [0.717, 1.165) is 30.1 Å². The number of hydrogen-bond acceptors (Lipinski definition) is 3. The van der Waals surface area contributed by atoms with Crippen molar-refractivity contribution >= 4 is 22.9 Å². The van der Waals surface area contributed by atoms with Crippen LogP contribution in [0.15, 0.2) is 41.8 Å². The molecule has 2 aromatic rings. The second-order valence-electron chi connectivity index (χ2n) is 4.77. The van der Waals surface area contributed by atoms with Gasteiger partial charge in [-0.2, -0.15) is 0 Å². The zero-order valence-electron chi connectivity index (χ0n) is 11.1. The Hall–Kier alpha value is -0.870. The first-order valence-corrected chi connectivity index (χ1v) is 7.63. The summed E-state index contributed by atoms with van der Waals surface area (Å²) in [6.45, 7) is 1.96. The first kappa shape index (κ1) is 14.5. The molecule has 2 N–H and O–H groups in total. The molecule has 1 aromatic carbocycles. The van der Waals surface area contributed by atoms with Gasteiger partial charge in [0.1, 0.15) is 0 Å². The van der Waals surface area contributed by atoms with Crippen LogP contribution in [0.25, 0.3) is 0 Å². The molecular formula is C15H19ClN2S. The lowest BCUT2D eigenvalue weighted by atomic mass is 10.0. The van der Waals surface area contributed by atoms with E-state index in [1.54, 1.807) is 11.3 Å². The third-order valence-electron chi connectivity index (χ3n) is 3.10. The highest BCUT2D eigenvalue weighted by Gasteiger charge is 2.08. The first-order chi connectivity index (χ1) is 9.15. The fourth-order valence-corrected chi connectivity index (χ4v) is 2.99. The quantitative estimate of drug-likeness (QED) is 0.875. The molecule has 0 fully saturated rings. The van der Waals surface area contributed by atoms with Crippen molar-refractivity contribution in [3.8, 4) is 0 Å². The van der Waals surface area contributed by atoms with Gasteiger partial charge in [0.05, 0.1) is 0 Å². The van der Waals surface area contributed by atoms with Crippen LogP contribution in [0.2, 0.25) is 5.02 Å². The largest absolute Gasteiger partial charge is 0.324 e. The van der Waals surface area contributed by atoms with E-state index in [-0.39, 0.29) is 6.04 Å². The smallest absolute Gasteiger partial charge is 0.0409 e. The van der Waals surface area contributed by atoms with E-state index in [9.17, 15) is 0 Å². The highest BCUT2D eigenvalue weighted by molar-refractivity contribution is 7.09. The van der Waals surface area contributed by atoms with Crippen molar-refractivity contribution in [1.82, 2.24) is 4.90 Å². The zero-order chi connectivity index (χ0) is 13.7. The van der Waals surface area contributed by atoms with Gasteiger partial charge in [0.25, 0.3) is 0 Å². The topological polar surface area (TPSA) is 29.3 Å². The van der Waals surface area contributed by atoms with Gasteiger partial charge in [-0.3, -0.25) is 0 Å². The molecular weight excluding hydrogens is 276 g/mol. The van der Waals surface area contributed by atoms with Gasteiger partial charge in [-0.15, -0.1) is 11.3 Å². The summed E-state index contributed by atoms with van der Waals surface area (Å²) in [5.41, 5.74) is 7.31. The maximum Gasteiger partial charge on any atom is 0.0409 e. The average molecular weight is 295 g/mol. The molecule has 4 heteroatoms. The number of halogens is 1. The van der Waals surface area contributed by atoms with E-state index in [0.29, 0.717) is 0 Å². The Kier molecular flexibility index (Phi) is 5.40. The van der Waals surface area contributed by atoms with Gasteiger partial charge in [-0.25, -0.2) is 0 Å². The van der Waals surface area contributed by atoms with Crippen molar-refractivity contribution < 1.29 is 0 Å². The number of rotatable bonds is 6. The van der Waals surface area contributed by atoms with Crippen molar-refractivity contribution in [2.75, 3.05) is 13.6 Å². The van der Waals surface area contributed by atoms with Crippen molar-refractivity contribution in [2.24, 2.45) is 5.73 Å². The van der Waals surface area contributed by atoms with Crippen molar-refractivity contribution in [3.63, 3.8) is 0 Å². The molecule has 0 aliphatic rings. The molecule has 102 valence electrons. The predicted octanol–water partition coefficient (Wildman–Crippen LogP) is 3.92. The van der Waals surface area contributed by atoms with E-state index in [1.807, 2.05) is 24.3 Å². The number of benzene rings is 1. The zero-order valence-corrected chi connectivity index (χ0v) is 12.6. The fraction of sp³-hybridized carbons (Fsp3) is 0.333. The van der Waals surface area contributed by atoms with Gasteiger partial charge in [-0.05, 0) is 42.6 Å². The molecule has 2 rings (SSSR count). The van der Waals surface area contributed by atoms with Gasteiger partial charge in [0, 0.05) is 29.0 Å². The molecule has 1 aromatic heterocycles. The Morgan fingerprint density at radius 2 is 2.16 bits per heavy atom. The molecule has 0 saturated carbocycles. The van der Waals surface area contributed by atoms with Crippen LogP contribution < -0.4 is 5.73 Å². The van der Waals surface area contributed by atoms with E-state index < -0.39 is 0 Å². The average Bonchev–Trinajstić information content (AvgIpc) is 2.88. The van der Waals surface area contributed by atoms with E-state index in [1.165, 1.54) is 4.88 Å². The van der Waals surface area contributed by atoms with Crippen LogP contribution in [-0.2, 0) is 6.54 Å². The number of hydrogen-bond donors (Lipinski definition) is 1. The number of nitrogens with two attached hydrogens (primary N) is 1. The molecule has 0 bridgehead atoms. The molecule has 0 amide bonds. The van der Waals surface area contributed by atoms with Crippen molar-refractivity contribution in [2.45, 2.75) is 19.0 Å². The standard InChI is InChI=1S/C15H19ClN2S/c1-18(11-14-6-3-9-19-14)8-7-15(17)12-4-2-5-13(16)10-12/h2-6,9-10,15H,7-8,11,17H2,1H3. The van der Waals surface area contributed by atoms with Crippen LogP contribution in [-0.4, -0.2) is 18.5 Å². The summed E-state index contributed by atoms with van der Waals surface area (Å²) in [5, 5.41) is 2.86. The third-order valence-corrected chi connectivity index (χ3v) is 4.20. The summed E-state index contributed by atoms with van der Waals surface area (Å²) in [6, 6.07) is 12.1. The highest BCUT2D eigenvalue weighted by Crippen LogP contribution is 2.19. The molecule has 0 radical (unpaired) electrons. The van der Waals surface area contributed by atoms with Gasteiger partial charge in [0.15, 0.2) is 0 Å². The SMILES string of the molecule is CN(CCC(N)c1cccc(Cl)c1)Cc1cccs1.